The highest BCUT2D eigenvalue weighted by Gasteiger charge is 2.33. The molecule has 1 aliphatic heterocycles. The van der Waals surface area contributed by atoms with E-state index >= 15 is 0 Å². The standard InChI is InChI=1S/C18H24N4O3/c1-25-12-17(24)20-15-7-16(11-23)22(10-15)9-14-8-19-21-18(14)13-5-3-2-4-6-13/h2-6,8,15-16,23H,7,9-12H2,1H3,(H,19,21)(H,20,24)/t15-,16-/m0/s1. The highest BCUT2D eigenvalue weighted by Crippen LogP contribution is 2.25. The number of rotatable bonds is 7. The fourth-order valence-electron chi connectivity index (χ4n) is 3.38. The molecule has 1 aromatic heterocycles. The summed E-state index contributed by atoms with van der Waals surface area (Å²) in [5.41, 5.74) is 3.15. The van der Waals surface area contributed by atoms with Crippen LogP contribution in [0.25, 0.3) is 11.3 Å². The van der Waals surface area contributed by atoms with Crippen LogP contribution in [0.1, 0.15) is 12.0 Å². The molecule has 25 heavy (non-hydrogen) atoms. The molecule has 3 rings (SSSR count). The van der Waals surface area contributed by atoms with Crippen LogP contribution < -0.4 is 5.32 Å². The first-order valence-electron chi connectivity index (χ1n) is 8.42. The topological polar surface area (TPSA) is 90.5 Å². The van der Waals surface area contributed by atoms with Crippen LogP contribution in [0.2, 0.25) is 0 Å². The van der Waals surface area contributed by atoms with Gasteiger partial charge < -0.3 is 15.2 Å². The number of aliphatic hydroxyl groups excluding tert-OH is 1. The van der Waals surface area contributed by atoms with Gasteiger partial charge in [-0.3, -0.25) is 14.8 Å². The van der Waals surface area contributed by atoms with E-state index in [1.54, 1.807) is 0 Å². The quantitative estimate of drug-likeness (QED) is 0.690. The second-order valence-electron chi connectivity index (χ2n) is 6.34. The van der Waals surface area contributed by atoms with Gasteiger partial charge in [-0.2, -0.15) is 5.10 Å². The average molecular weight is 344 g/mol. The van der Waals surface area contributed by atoms with Crippen molar-refractivity contribution >= 4 is 5.91 Å². The summed E-state index contributed by atoms with van der Waals surface area (Å²) >= 11 is 0. The number of likely N-dealkylation sites (tertiary alicyclic amines) is 1. The van der Waals surface area contributed by atoms with Gasteiger partial charge in [0.2, 0.25) is 5.91 Å². The Balaban J connectivity index is 1.68. The smallest absolute Gasteiger partial charge is 0.246 e. The van der Waals surface area contributed by atoms with Gasteiger partial charge in [0.15, 0.2) is 0 Å². The van der Waals surface area contributed by atoms with Crippen molar-refractivity contribution in [2.45, 2.75) is 25.0 Å². The molecule has 7 heteroatoms. The van der Waals surface area contributed by atoms with Crippen LogP contribution >= 0.6 is 0 Å². The Bertz CT molecular complexity index is 689. The molecule has 2 heterocycles. The summed E-state index contributed by atoms with van der Waals surface area (Å²) in [4.78, 5) is 13.9. The molecule has 7 nitrogen and oxygen atoms in total. The number of H-pyrrole nitrogens is 1. The van der Waals surface area contributed by atoms with Crippen LogP contribution in [0.4, 0.5) is 0 Å². The number of carbonyl (C=O) groups is 1. The lowest BCUT2D eigenvalue weighted by Crippen LogP contribution is -2.38. The first kappa shape index (κ1) is 17.6. The summed E-state index contributed by atoms with van der Waals surface area (Å²) in [7, 11) is 1.50. The molecule has 0 bridgehead atoms. The van der Waals surface area contributed by atoms with Crippen molar-refractivity contribution in [1.82, 2.24) is 20.4 Å². The number of nitrogens with zero attached hydrogens (tertiary/aromatic N) is 2. The monoisotopic (exact) mass is 344 g/mol. The minimum atomic E-state index is -0.126. The Labute approximate surface area is 147 Å². The van der Waals surface area contributed by atoms with Crippen molar-refractivity contribution in [1.29, 1.82) is 0 Å². The third-order valence-corrected chi connectivity index (χ3v) is 4.53. The average Bonchev–Trinajstić information content (AvgIpc) is 3.23. The summed E-state index contributed by atoms with van der Waals surface area (Å²) < 4.78 is 4.86. The van der Waals surface area contributed by atoms with Gasteiger partial charge in [-0.15, -0.1) is 0 Å². The zero-order valence-electron chi connectivity index (χ0n) is 14.3. The molecule has 1 aliphatic rings. The molecular weight excluding hydrogens is 320 g/mol. The lowest BCUT2D eigenvalue weighted by Gasteiger charge is -2.22. The lowest BCUT2D eigenvalue weighted by atomic mass is 10.1. The molecule has 0 spiro atoms. The first-order chi connectivity index (χ1) is 12.2. The molecule has 0 unspecified atom stereocenters. The molecule has 0 saturated carbocycles. The van der Waals surface area contributed by atoms with Gasteiger partial charge in [0.1, 0.15) is 6.61 Å². The zero-order valence-corrected chi connectivity index (χ0v) is 14.3. The van der Waals surface area contributed by atoms with Crippen LogP contribution in [-0.2, 0) is 16.1 Å². The van der Waals surface area contributed by atoms with E-state index in [-0.39, 0.29) is 31.2 Å². The van der Waals surface area contributed by atoms with Crippen molar-refractivity contribution in [3.8, 4) is 11.3 Å². The van der Waals surface area contributed by atoms with Crippen molar-refractivity contribution in [3.05, 3.63) is 42.1 Å². The molecule has 2 atom stereocenters. The van der Waals surface area contributed by atoms with Crippen molar-refractivity contribution in [2.24, 2.45) is 0 Å². The van der Waals surface area contributed by atoms with Crippen LogP contribution in [0.15, 0.2) is 36.5 Å². The largest absolute Gasteiger partial charge is 0.395 e. The Morgan fingerprint density at radius 3 is 2.96 bits per heavy atom. The third-order valence-electron chi connectivity index (χ3n) is 4.53. The molecule has 3 N–H and O–H groups in total. The van der Waals surface area contributed by atoms with Gasteiger partial charge in [0, 0.05) is 37.8 Å². The van der Waals surface area contributed by atoms with Gasteiger partial charge in [-0.1, -0.05) is 30.3 Å². The number of carbonyl (C=O) groups excluding carboxylic acids is 1. The van der Waals surface area contributed by atoms with Crippen molar-refractivity contribution in [2.75, 3.05) is 26.9 Å². The molecule has 134 valence electrons. The minimum absolute atomic E-state index is 0.0198. The summed E-state index contributed by atoms with van der Waals surface area (Å²) in [5, 5.41) is 19.9. The van der Waals surface area contributed by atoms with E-state index in [4.69, 9.17) is 4.74 Å². The molecule has 1 saturated heterocycles. The highest BCUT2D eigenvalue weighted by atomic mass is 16.5. The number of aliphatic hydroxyl groups is 1. The van der Waals surface area contributed by atoms with E-state index in [1.165, 1.54) is 7.11 Å². The molecule has 1 fully saturated rings. The Morgan fingerprint density at radius 1 is 1.44 bits per heavy atom. The van der Waals surface area contributed by atoms with Crippen LogP contribution in [-0.4, -0.2) is 65.1 Å². The Kier molecular flexibility index (Phi) is 5.80. The summed E-state index contributed by atoms with van der Waals surface area (Å²) in [6, 6.07) is 10.1. The Morgan fingerprint density at radius 2 is 2.24 bits per heavy atom. The van der Waals surface area contributed by atoms with Gasteiger partial charge in [-0.05, 0) is 12.0 Å². The number of aromatic amines is 1. The predicted molar refractivity (Wildman–Crippen MR) is 93.7 cm³/mol. The second kappa shape index (κ2) is 8.24. The van der Waals surface area contributed by atoms with E-state index in [9.17, 15) is 9.90 Å². The highest BCUT2D eigenvalue weighted by molar-refractivity contribution is 5.77. The molecule has 1 amide bonds. The first-order valence-corrected chi connectivity index (χ1v) is 8.42. The normalized spacial score (nSPS) is 20.7. The molecule has 0 radical (unpaired) electrons. The van der Waals surface area contributed by atoms with Crippen molar-refractivity contribution in [3.63, 3.8) is 0 Å². The summed E-state index contributed by atoms with van der Waals surface area (Å²) in [6.45, 7) is 1.48. The molecule has 0 aliphatic carbocycles. The molecule has 1 aromatic carbocycles. The number of nitrogens with one attached hydrogen (secondary N) is 2. The number of benzene rings is 1. The van der Waals surface area contributed by atoms with Crippen LogP contribution in [0, 0.1) is 0 Å². The number of amides is 1. The number of hydrogen-bond acceptors (Lipinski definition) is 5. The number of ether oxygens (including phenoxy) is 1. The number of hydrogen-bond donors (Lipinski definition) is 3. The van der Waals surface area contributed by atoms with Crippen LogP contribution in [0.3, 0.4) is 0 Å². The SMILES string of the molecule is COCC(=O)N[C@H]1C[C@@H](CO)N(Cc2cn[nH]c2-c2ccccc2)C1. The number of aromatic nitrogens is 2. The van der Waals surface area contributed by atoms with Gasteiger partial charge in [0.25, 0.3) is 0 Å². The van der Waals surface area contributed by atoms with E-state index in [2.05, 4.69) is 20.4 Å². The van der Waals surface area contributed by atoms with E-state index < -0.39 is 0 Å². The van der Waals surface area contributed by atoms with E-state index in [1.807, 2.05) is 36.5 Å². The van der Waals surface area contributed by atoms with Gasteiger partial charge in [0.05, 0.1) is 18.5 Å². The lowest BCUT2D eigenvalue weighted by molar-refractivity contribution is -0.125. The Hall–Kier alpha value is -2.22. The molecular formula is C18H24N4O3. The van der Waals surface area contributed by atoms with E-state index in [0.29, 0.717) is 13.1 Å². The second-order valence-corrected chi connectivity index (χ2v) is 6.34. The van der Waals surface area contributed by atoms with Gasteiger partial charge >= 0.3 is 0 Å². The summed E-state index contributed by atoms with van der Waals surface area (Å²) in [5.74, 6) is -0.126. The van der Waals surface area contributed by atoms with Crippen LogP contribution in [0.5, 0.6) is 0 Å². The summed E-state index contributed by atoms with van der Waals surface area (Å²) in [6.07, 6.45) is 2.55. The fraction of sp³-hybridized carbons (Fsp3) is 0.444. The van der Waals surface area contributed by atoms with Gasteiger partial charge in [-0.25, -0.2) is 0 Å². The third kappa shape index (κ3) is 4.25. The molecule has 2 aromatic rings. The number of methoxy groups -OCH3 is 1. The maximum Gasteiger partial charge on any atom is 0.246 e. The minimum Gasteiger partial charge on any atom is -0.395 e. The fourth-order valence-corrected chi connectivity index (χ4v) is 3.38. The zero-order chi connectivity index (χ0) is 17.6. The predicted octanol–water partition coefficient (Wildman–Crippen LogP) is 0.775. The van der Waals surface area contributed by atoms with Crippen molar-refractivity contribution < 1.29 is 14.6 Å². The maximum atomic E-state index is 11.7. The van der Waals surface area contributed by atoms with E-state index in [0.717, 1.165) is 23.2 Å². The maximum absolute atomic E-state index is 11.7.